The summed E-state index contributed by atoms with van der Waals surface area (Å²) >= 11 is 1.79. The molecule has 0 aliphatic heterocycles. The van der Waals surface area contributed by atoms with Crippen LogP contribution in [0.5, 0.6) is 0 Å². The van der Waals surface area contributed by atoms with Crippen LogP contribution in [0.3, 0.4) is 0 Å². The molecule has 0 atom stereocenters. The van der Waals surface area contributed by atoms with Crippen molar-refractivity contribution in [1.82, 2.24) is 0 Å². The monoisotopic (exact) mass is 283 g/mol. The molecule has 0 bridgehead atoms. The summed E-state index contributed by atoms with van der Waals surface area (Å²) in [6, 6.07) is 8.03. The molecule has 7 heteroatoms. The zero-order valence-electron chi connectivity index (χ0n) is 9.91. The summed E-state index contributed by atoms with van der Waals surface area (Å²) in [6.07, 6.45) is 2.73. The average Bonchev–Trinajstić information content (AvgIpc) is 3.02. The number of carbonyl (C=O) groups is 2. The number of furan rings is 1. The quantitative estimate of drug-likeness (QED) is 0.743. The van der Waals surface area contributed by atoms with Crippen molar-refractivity contribution in [2.24, 2.45) is 0 Å². The fraction of sp³-hybridized carbons (Fsp3) is 0.167. The highest BCUT2D eigenvalue weighted by Gasteiger charge is 2.04. The summed E-state index contributed by atoms with van der Waals surface area (Å²) < 4.78 is 5.15. The van der Waals surface area contributed by atoms with Crippen molar-refractivity contribution >= 4 is 29.2 Å². The van der Waals surface area contributed by atoms with E-state index in [0.717, 1.165) is 18.8 Å². The number of aliphatic carboxylic acids is 2. The Morgan fingerprint density at radius 2 is 1.95 bits per heavy atom. The van der Waals surface area contributed by atoms with Crippen molar-refractivity contribution in [3.8, 4) is 0 Å². The fourth-order valence-electron chi connectivity index (χ4n) is 1.14. The van der Waals surface area contributed by atoms with Gasteiger partial charge < -0.3 is 19.9 Å². The number of nitrogens with one attached hydrogen (secondary N) is 1. The van der Waals surface area contributed by atoms with Gasteiger partial charge in [0.1, 0.15) is 0 Å². The molecule has 0 amide bonds. The maximum atomic E-state index is 9.10. The van der Waals surface area contributed by atoms with E-state index in [1.165, 1.54) is 4.88 Å². The Hall–Kier alpha value is -2.28. The second-order valence-electron chi connectivity index (χ2n) is 3.34. The summed E-state index contributed by atoms with van der Waals surface area (Å²) in [4.78, 5) is 19.6. The number of carboxylic acid groups (broad SMARTS) is 2. The van der Waals surface area contributed by atoms with Gasteiger partial charge in [-0.3, -0.25) is 0 Å². The Labute approximate surface area is 113 Å². The molecule has 0 aromatic carbocycles. The molecule has 102 valence electrons. The number of anilines is 1. The van der Waals surface area contributed by atoms with Crippen LogP contribution in [0.2, 0.25) is 0 Å². The summed E-state index contributed by atoms with van der Waals surface area (Å²) in [6.45, 7) is 0.925. The van der Waals surface area contributed by atoms with Crippen molar-refractivity contribution in [1.29, 1.82) is 0 Å². The fourth-order valence-corrected chi connectivity index (χ4v) is 1.85. The van der Waals surface area contributed by atoms with Crippen LogP contribution in [0.25, 0.3) is 0 Å². The molecule has 3 N–H and O–H groups in total. The molecule has 0 aliphatic carbocycles. The van der Waals surface area contributed by atoms with Gasteiger partial charge in [0.25, 0.3) is 0 Å². The number of rotatable bonds is 4. The van der Waals surface area contributed by atoms with Gasteiger partial charge in [-0.25, -0.2) is 9.59 Å². The van der Waals surface area contributed by atoms with Crippen LogP contribution in [0.15, 0.2) is 40.3 Å². The second kappa shape index (κ2) is 7.93. The third kappa shape index (κ3) is 6.27. The van der Waals surface area contributed by atoms with Crippen molar-refractivity contribution in [3.05, 3.63) is 40.8 Å². The van der Waals surface area contributed by atoms with E-state index in [1.54, 1.807) is 17.6 Å². The molecule has 0 fully saturated rings. The molecule has 0 radical (unpaired) electrons. The highest BCUT2D eigenvalue weighted by molar-refractivity contribution is 7.09. The van der Waals surface area contributed by atoms with Gasteiger partial charge in [0.2, 0.25) is 0 Å². The molecule has 2 aromatic heterocycles. The molecule has 0 spiro atoms. The third-order valence-electron chi connectivity index (χ3n) is 1.95. The zero-order valence-corrected chi connectivity index (χ0v) is 10.7. The van der Waals surface area contributed by atoms with Gasteiger partial charge in [0.05, 0.1) is 6.26 Å². The highest BCUT2D eigenvalue weighted by Crippen LogP contribution is 2.10. The molecule has 2 heterocycles. The van der Waals surface area contributed by atoms with E-state index in [-0.39, 0.29) is 0 Å². The third-order valence-corrected chi connectivity index (χ3v) is 2.89. The number of hydrogen-bond donors (Lipinski definition) is 3. The van der Waals surface area contributed by atoms with E-state index in [4.69, 9.17) is 24.2 Å². The van der Waals surface area contributed by atoms with Gasteiger partial charge in [-0.05, 0) is 23.9 Å². The lowest BCUT2D eigenvalue weighted by atomic mass is 10.3. The first-order valence-electron chi connectivity index (χ1n) is 5.35. The standard InChI is InChI=1S/C10H11NOS.C2H2O4/c1-4-10(12-7-1)11-6-5-9-3-2-8-13-9;3-1(4)2(5)6/h1-4,7-8,11H,5-6H2;(H,3,4)(H,5,6). The Bertz CT molecular complexity index is 446. The smallest absolute Gasteiger partial charge is 0.414 e. The lowest BCUT2D eigenvalue weighted by Gasteiger charge is -1.99. The van der Waals surface area contributed by atoms with Crippen molar-refractivity contribution in [2.75, 3.05) is 11.9 Å². The Balaban J connectivity index is 0.000000258. The Morgan fingerprint density at radius 1 is 1.21 bits per heavy atom. The molecule has 2 aromatic rings. The van der Waals surface area contributed by atoms with E-state index in [1.807, 2.05) is 12.1 Å². The number of hydrogen-bond acceptors (Lipinski definition) is 5. The normalized spacial score (nSPS) is 9.26. The number of carboxylic acids is 2. The van der Waals surface area contributed by atoms with Gasteiger partial charge >= 0.3 is 11.9 Å². The SMILES string of the molecule is O=C(O)C(=O)O.c1coc(NCCc2cccs2)c1. The first-order valence-corrected chi connectivity index (χ1v) is 6.23. The molecule has 2 rings (SSSR count). The van der Waals surface area contributed by atoms with E-state index in [2.05, 4.69) is 22.8 Å². The molecule has 0 aliphatic rings. The van der Waals surface area contributed by atoms with Crippen LogP contribution >= 0.6 is 11.3 Å². The number of thiophene rings is 1. The largest absolute Gasteiger partial charge is 0.473 e. The van der Waals surface area contributed by atoms with Crippen LogP contribution < -0.4 is 5.32 Å². The Morgan fingerprint density at radius 3 is 2.42 bits per heavy atom. The van der Waals surface area contributed by atoms with Crippen molar-refractivity contribution in [3.63, 3.8) is 0 Å². The van der Waals surface area contributed by atoms with Crippen LogP contribution in [0.1, 0.15) is 4.88 Å². The summed E-state index contributed by atoms with van der Waals surface area (Å²) in [5.41, 5.74) is 0. The molecular weight excluding hydrogens is 270 g/mol. The maximum absolute atomic E-state index is 9.10. The first-order chi connectivity index (χ1) is 9.09. The summed E-state index contributed by atoms with van der Waals surface area (Å²) in [5, 5.41) is 20.1. The minimum atomic E-state index is -1.82. The van der Waals surface area contributed by atoms with Gasteiger partial charge in [-0.15, -0.1) is 11.3 Å². The summed E-state index contributed by atoms with van der Waals surface area (Å²) in [7, 11) is 0. The lowest BCUT2D eigenvalue weighted by molar-refractivity contribution is -0.159. The average molecular weight is 283 g/mol. The minimum Gasteiger partial charge on any atom is -0.473 e. The predicted octanol–water partition coefficient (Wildman–Crippen LogP) is 2.15. The molecule has 6 nitrogen and oxygen atoms in total. The molecular formula is C12H13NO5S. The van der Waals surface area contributed by atoms with Crippen LogP contribution in [-0.4, -0.2) is 28.7 Å². The second-order valence-corrected chi connectivity index (χ2v) is 4.38. The van der Waals surface area contributed by atoms with Crippen LogP contribution in [-0.2, 0) is 16.0 Å². The lowest BCUT2D eigenvalue weighted by Crippen LogP contribution is -2.09. The summed E-state index contributed by atoms with van der Waals surface area (Å²) in [5.74, 6) is -2.80. The van der Waals surface area contributed by atoms with E-state index >= 15 is 0 Å². The van der Waals surface area contributed by atoms with Gasteiger partial charge in [0.15, 0.2) is 5.88 Å². The van der Waals surface area contributed by atoms with Gasteiger partial charge in [-0.2, -0.15) is 0 Å². The van der Waals surface area contributed by atoms with E-state index in [0.29, 0.717) is 0 Å². The van der Waals surface area contributed by atoms with E-state index in [9.17, 15) is 0 Å². The zero-order chi connectivity index (χ0) is 14.1. The predicted molar refractivity (Wildman–Crippen MR) is 70.5 cm³/mol. The van der Waals surface area contributed by atoms with Gasteiger partial charge in [-0.1, -0.05) is 6.07 Å². The molecule has 0 saturated heterocycles. The van der Waals surface area contributed by atoms with Crippen molar-refractivity contribution < 1.29 is 24.2 Å². The first kappa shape index (κ1) is 14.8. The van der Waals surface area contributed by atoms with Crippen LogP contribution in [0.4, 0.5) is 5.88 Å². The molecule has 0 saturated carbocycles. The molecule has 19 heavy (non-hydrogen) atoms. The topological polar surface area (TPSA) is 99.8 Å². The van der Waals surface area contributed by atoms with Gasteiger partial charge in [0, 0.05) is 17.5 Å². The van der Waals surface area contributed by atoms with E-state index < -0.39 is 11.9 Å². The molecule has 0 unspecified atom stereocenters. The van der Waals surface area contributed by atoms with Crippen molar-refractivity contribution in [2.45, 2.75) is 6.42 Å². The highest BCUT2D eigenvalue weighted by atomic mass is 32.1. The maximum Gasteiger partial charge on any atom is 0.414 e. The Kier molecular flexibility index (Phi) is 6.17. The van der Waals surface area contributed by atoms with Crippen LogP contribution in [0, 0.1) is 0 Å². The minimum absolute atomic E-state index is 0.844.